The van der Waals surface area contributed by atoms with Gasteiger partial charge in [-0.15, -0.1) is 0 Å². The van der Waals surface area contributed by atoms with Crippen molar-refractivity contribution in [2.45, 2.75) is 26.1 Å². The van der Waals surface area contributed by atoms with Crippen LogP contribution in [0, 0.1) is 5.92 Å². The Morgan fingerprint density at radius 2 is 1.83 bits per heavy atom. The quantitative estimate of drug-likeness (QED) is 0.621. The maximum Gasteiger partial charge on any atom is 0.337 e. The van der Waals surface area contributed by atoms with Crippen molar-refractivity contribution in [3.05, 3.63) is 0 Å². The molecule has 2 atom stereocenters. The molecule has 72 valence electrons. The summed E-state index contributed by atoms with van der Waals surface area (Å²) in [4.78, 5) is 11.0. The number of aliphatic hydroxyl groups is 1. The highest BCUT2D eigenvalue weighted by atomic mass is 16.6. The lowest BCUT2D eigenvalue weighted by Gasteiger charge is -2.21. The SMILES string of the molecule is COC(=O)C(OC)C(O)C(C)C. The number of ether oxygens (including phenoxy) is 2. The van der Waals surface area contributed by atoms with Crippen molar-refractivity contribution in [3.63, 3.8) is 0 Å². The van der Waals surface area contributed by atoms with E-state index in [2.05, 4.69) is 4.74 Å². The molecule has 0 aliphatic rings. The zero-order valence-electron chi connectivity index (χ0n) is 7.90. The van der Waals surface area contributed by atoms with Gasteiger partial charge in [0.05, 0.1) is 13.2 Å². The summed E-state index contributed by atoms with van der Waals surface area (Å²) in [7, 11) is 2.63. The van der Waals surface area contributed by atoms with Crippen molar-refractivity contribution >= 4 is 5.97 Å². The van der Waals surface area contributed by atoms with Crippen LogP contribution >= 0.6 is 0 Å². The normalized spacial score (nSPS) is 15.8. The third-order valence-corrected chi connectivity index (χ3v) is 1.68. The van der Waals surface area contributed by atoms with Crippen LogP contribution in [0.5, 0.6) is 0 Å². The smallest absolute Gasteiger partial charge is 0.337 e. The van der Waals surface area contributed by atoms with Gasteiger partial charge in [0.25, 0.3) is 0 Å². The molecule has 12 heavy (non-hydrogen) atoms. The van der Waals surface area contributed by atoms with Crippen LogP contribution in [0.1, 0.15) is 13.8 Å². The predicted molar refractivity (Wildman–Crippen MR) is 43.7 cm³/mol. The number of aliphatic hydroxyl groups excluding tert-OH is 1. The number of hydrogen-bond acceptors (Lipinski definition) is 4. The van der Waals surface area contributed by atoms with Gasteiger partial charge in [0.15, 0.2) is 6.10 Å². The molecule has 1 N–H and O–H groups in total. The van der Waals surface area contributed by atoms with E-state index < -0.39 is 18.2 Å². The molecule has 4 nitrogen and oxygen atoms in total. The second-order valence-corrected chi connectivity index (χ2v) is 2.91. The van der Waals surface area contributed by atoms with Gasteiger partial charge in [-0.05, 0) is 5.92 Å². The van der Waals surface area contributed by atoms with Crippen molar-refractivity contribution in [3.8, 4) is 0 Å². The standard InChI is InChI=1S/C8H16O4/c1-5(2)6(9)7(11-3)8(10)12-4/h5-7,9H,1-4H3. The number of carbonyl (C=O) groups excluding carboxylic acids is 1. The van der Waals surface area contributed by atoms with Crippen LogP contribution in [0.3, 0.4) is 0 Å². The first-order valence-corrected chi connectivity index (χ1v) is 3.83. The van der Waals surface area contributed by atoms with Crippen LogP contribution < -0.4 is 0 Å². The average Bonchev–Trinajstić information content (AvgIpc) is 2.05. The van der Waals surface area contributed by atoms with E-state index in [1.165, 1.54) is 14.2 Å². The molecule has 0 fully saturated rings. The molecule has 0 aliphatic carbocycles. The number of carbonyl (C=O) groups is 1. The molecule has 4 heteroatoms. The molecule has 0 aromatic rings. The first kappa shape index (κ1) is 11.4. The van der Waals surface area contributed by atoms with Crippen LogP contribution in [0.15, 0.2) is 0 Å². The number of rotatable bonds is 4. The summed E-state index contributed by atoms with van der Waals surface area (Å²) in [5, 5.41) is 9.46. The molecule has 0 saturated heterocycles. The van der Waals surface area contributed by atoms with Gasteiger partial charge in [-0.2, -0.15) is 0 Å². The largest absolute Gasteiger partial charge is 0.467 e. The molecule has 0 spiro atoms. The fourth-order valence-corrected chi connectivity index (χ4v) is 0.841. The molecule has 0 aromatic carbocycles. The molecule has 0 rings (SSSR count). The van der Waals surface area contributed by atoms with E-state index in [0.717, 1.165) is 0 Å². The minimum absolute atomic E-state index is 0.0333. The molecule has 0 saturated carbocycles. The predicted octanol–water partition coefficient (Wildman–Crippen LogP) is 0.191. The Labute approximate surface area is 72.5 Å². The minimum atomic E-state index is -0.880. The van der Waals surface area contributed by atoms with Crippen molar-refractivity contribution < 1.29 is 19.4 Å². The maximum absolute atomic E-state index is 11.0. The van der Waals surface area contributed by atoms with E-state index in [4.69, 9.17) is 4.74 Å². The van der Waals surface area contributed by atoms with Crippen LogP contribution in [0.25, 0.3) is 0 Å². The van der Waals surface area contributed by atoms with Gasteiger partial charge in [0.1, 0.15) is 0 Å². The first-order chi connectivity index (χ1) is 5.54. The van der Waals surface area contributed by atoms with Gasteiger partial charge in [-0.1, -0.05) is 13.8 Å². The number of methoxy groups -OCH3 is 2. The van der Waals surface area contributed by atoms with Crippen LogP contribution in [0.4, 0.5) is 0 Å². The Bertz CT molecular complexity index is 144. The van der Waals surface area contributed by atoms with Gasteiger partial charge < -0.3 is 14.6 Å². The van der Waals surface area contributed by atoms with E-state index in [-0.39, 0.29) is 5.92 Å². The van der Waals surface area contributed by atoms with Crippen molar-refractivity contribution in [1.29, 1.82) is 0 Å². The minimum Gasteiger partial charge on any atom is -0.467 e. The Hall–Kier alpha value is -0.610. The summed E-state index contributed by atoms with van der Waals surface area (Å²) in [6, 6.07) is 0. The second-order valence-electron chi connectivity index (χ2n) is 2.91. The molecule has 0 aromatic heterocycles. The molecular formula is C8H16O4. The van der Waals surface area contributed by atoms with Crippen molar-refractivity contribution in [1.82, 2.24) is 0 Å². The zero-order chi connectivity index (χ0) is 9.72. The Morgan fingerprint density at radius 1 is 1.33 bits per heavy atom. The van der Waals surface area contributed by atoms with Crippen LogP contribution in [-0.2, 0) is 14.3 Å². The van der Waals surface area contributed by atoms with Crippen molar-refractivity contribution in [2.24, 2.45) is 5.92 Å². The van der Waals surface area contributed by atoms with E-state index >= 15 is 0 Å². The van der Waals surface area contributed by atoms with E-state index in [1.54, 1.807) is 13.8 Å². The third kappa shape index (κ3) is 2.79. The number of hydrogen-bond donors (Lipinski definition) is 1. The van der Waals surface area contributed by atoms with Gasteiger partial charge in [-0.3, -0.25) is 0 Å². The first-order valence-electron chi connectivity index (χ1n) is 3.83. The zero-order valence-corrected chi connectivity index (χ0v) is 7.90. The molecular weight excluding hydrogens is 160 g/mol. The molecule has 0 bridgehead atoms. The van der Waals surface area contributed by atoms with Gasteiger partial charge in [-0.25, -0.2) is 4.79 Å². The third-order valence-electron chi connectivity index (χ3n) is 1.68. The van der Waals surface area contributed by atoms with E-state index in [1.807, 2.05) is 0 Å². The number of esters is 1. The molecule has 0 aliphatic heterocycles. The summed E-state index contributed by atoms with van der Waals surface area (Å²) >= 11 is 0. The fraction of sp³-hybridized carbons (Fsp3) is 0.875. The summed E-state index contributed by atoms with van der Waals surface area (Å²) in [6.45, 7) is 3.61. The summed E-state index contributed by atoms with van der Waals surface area (Å²) in [6.07, 6.45) is -1.70. The lowest BCUT2D eigenvalue weighted by atomic mass is 10.0. The molecule has 0 heterocycles. The molecule has 2 unspecified atom stereocenters. The van der Waals surface area contributed by atoms with Gasteiger partial charge >= 0.3 is 5.97 Å². The lowest BCUT2D eigenvalue weighted by molar-refractivity contribution is -0.161. The summed E-state index contributed by atoms with van der Waals surface area (Å²) < 4.78 is 9.25. The van der Waals surface area contributed by atoms with E-state index in [0.29, 0.717) is 0 Å². The Morgan fingerprint density at radius 3 is 2.08 bits per heavy atom. The highest BCUT2D eigenvalue weighted by Gasteiger charge is 2.29. The summed E-state index contributed by atoms with van der Waals surface area (Å²) in [5.41, 5.74) is 0. The Kier molecular flexibility index (Phi) is 4.85. The van der Waals surface area contributed by atoms with Crippen LogP contribution in [0.2, 0.25) is 0 Å². The van der Waals surface area contributed by atoms with Gasteiger partial charge in [0, 0.05) is 7.11 Å². The molecule has 0 amide bonds. The lowest BCUT2D eigenvalue weighted by Crippen LogP contribution is -2.39. The monoisotopic (exact) mass is 176 g/mol. The maximum atomic E-state index is 11.0. The topological polar surface area (TPSA) is 55.8 Å². The highest BCUT2D eigenvalue weighted by molar-refractivity contribution is 5.75. The summed E-state index contributed by atoms with van der Waals surface area (Å²) in [5.74, 6) is -0.576. The van der Waals surface area contributed by atoms with Crippen LogP contribution in [-0.4, -0.2) is 37.5 Å². The molecule has 0 radical (unpaired) electrons. The Balaban J connectivity index is 4.23. The average molecular weight is 176 g/mol. The second kappa shape index (κ2) is 5.11. The van der Waals surface area contributed by atoms with Gasteiger partial charge in [0.2, 0.25) is 0 Å². The highest BCUT2D eigenvalue weighted by Crippen LogP contribution is 2.10. The fourth-order valence-electron chi connectivity index (χ4n) is 0.841. The van der Waals surface area contributed by atoms with E-state index in [9.17, 15) is 9.90 Å². The van der Waals surface area contributed by atoms with Crippen molar-refractivity contribution in [2.75, 3.05) is 14.2 Å².